The lowest BCUT2D eigenvalue weighted by Crippen LogP contribution is -2.21. The average molecular weight is 356 g/mol. The number of aromatic nitrogens is 4. The molecule has 0 aliphatic rings. The first-order valence-corrected chi connectivity index (χ1v) is 7.72. The number of nitrogens with zero attached hydrogens (tertiary/aromatic N) is 4. The molecule has 7 heteroatoms. The van der Waals surface area contributed by atoms with Gasteiger partial charge in [0.25, 0.3) is 0 Å². The molecule has 0 bridgehead atoms. The SMILES string of the molecule is COCCNCc1cnc(C)n1Cc1c(Br)c(C)nn1C. The van der Waals surface area contributed by atoms with Crippen LogP contribution in [0.1, 0.15) is 22.9 Å². The molecule has 2 rings (SSSR count). The highest BCUT2D eigenvalue weighted by molar-refractivity contribution is 9.10. The molecular formula is C14H22BrN5O. The topological polar surface area (TPSA) is 56.9 Å². The molecule has 0 radical (unpaired) electrons. The molecule has 2 heterocycles. The molecule has 21 heavy (non-hydrogen) atoms. The minimum absolute atomic E-state index is 0.708. The summed E-state index contributed by atoms with van der Waals surface area (Å²) in [6.07, 6.45) is 1.92. The van der Waals surface area contributed by atoms with E-state index in [2.05, 4.69) is 35.9 Å². The fourth-order valence-electron chi connectivity index (χ4n) is 2.26. The summed E-state index contributed by atoms with van der Waals surface area (Å²) in [6, 6.07) is 0. The van der Waals surface area contributed by atoms with Crippen molar-refractivity contribution in [3.05, 3.63) is 33.6 Å². The molecule has 1 N–H and O–H groups in total. The highest BCUT2D eigenvalue weighted by atomic mass is 79.9. The Morgan fingerprint density at radius 2 is 2.14 bits per heavy atom. The zero-order valence-electron chi connectivity index (χ0n) is 13.0. The predicted molar refractivity (Wildman–Crippen MR) is 85.3 cm³/mol. The number of imidazole rings is 1. The van der Waals surface area contributed by atoms with Crippen LogP contribution in [0.15, 0.2) is 10.7 Å². The maximum Gasteiger partial charge on any atom is 0.106 e. The fraction of sp³-hybridized carbons (Fsp3) is 0.571. The van der Waals surface area contributed by atoms with Crippen molar-refractivity contribution in [1.29, 1.82) is 0 Å². The normalized spacial score (nSPS) is 11.3. The van der Waals surface area contributed by atoms with E-state index >= 15 is 0 Å². The Hall–Kier alpha value is -1.18. The van der Waals surface area contributed by atoms with Crippen LogP contribution in [0, 0.1) is 13.8 Å². The molecule has 0 aliphatic heterocycles. The first kappa shape index (κ1) is 16.2. The van der Waals surface area contributed by atoms with E-state index < -0.39 is 0 Å². The van der Waals surface area contributed by atoms with Crippen LogP contribution in [0.4, 0.5) is 0 Å². The number of nitrogens with one attached hydrogen (secondary N) is 1. The number of hydrogen-bond donors (Lipinski definition) is 1. The van der Waals surface area contributed by atoms with Crippen molar-refractivity contribution < 1.29 is 4.74 Å². The van der Waals surface area contributed by atoms with Crippen LogP contribution < -0.4 is 5.32 Å². The monoisotopic (exact) mass is 355 g/mol. The maximum atomic E-state index is 5.04. The van der Waals surface area contributed by atoms with Gasteiger partial charge in [0.1, 0.15) is 5.82 Å². The van der Waals surface area contributed by atoms with Gasteiger partial charge in [0.05, 0.1) is 34.7 Å². The largest absolute Gasteiger partial charge is 0.383 e. The summed E-state index contributed by atoms with van der Waals surface area (Å²) < 4.78 is 10.2. The summed E-state index contributed by atoms with van der Waals surface area (Å²) in [5.41, 5.74) is 3.31. The molecule has 0 saturated heterocycles. The Morgan fingerprint density at radius 1 is 1.38 bits per heavy atom. The molecule has 2 aromatic rings. The van der Waals surface area contributed by atoms with E-state index in [0.29, 0.717) is 6.61 Å². The van der Waals surface area contributed by atoms with E-state index in [1.165, 1.54) is 0 Å². The van der Waals surface area contributed by atoms with Gasteiger partial charge in [-0.3, -0.25) is 4.68 Å². The molecule has 0 spiro atoms. The standard InChI is InChI=1S/C14H22BrN5O/c1-10-14(15)13(19(3)18-10)9-20-11(2)17-8-12(20)7-16-5-6-21-4/h8,16H,5-7,9H2,1-4H3. The Labute approximate surface area is 133 Å². The van der Waals surface area contributed by atoms with E-state index in [-0.39, 0.29) is 0 Å². The second-order valence-corrected chi connectivity index (χ2v) is 5.82. The van der Waals surface area contributed by atoms with Crippen molar-refractivity contribution in [2.24, 2.45) is 7.05 Å². The number of rotatable bonds is 7. The third-order valence-electron chi connectivity index (χ3n) is 3.50. The summed E-state index contributed by atoms with van der Waals surface area (Å²) >= 11 is 3.62. The predicted octanol–water partition coefficient (Wildman–Crippen LogP) is 1.78. The van der Waals surface area contributed by atoms with Gasteiger partial charge in [-0.2, -0.15) is 5.10 Å². The van der Waals surface area contributed by atoms with Gasteiger partial charge in [0.15, 0.2) is 0 Å². The van der Waals surface area contributed by atoms with Gasteiger partial charge in [-0.25, -0.2) is 4.98 Å². The Morgan fingerprint density at radius 3 is 2.76 bits per heavy atom. The van der Waals surface area contributed by atoms with Gasteiger partial charge in [-0.05, 0) is 29.8 Å². The van der Waals surface area contributed by atoms with E-state index in [1.54, 1.807) is 7.11 Å². The van der Waals surface area contributed by atoms with Crippen molar-refractivity contribution in [2.75, 3.05) is 20.3 Å². The first-order chi connectivity index (χ1) is 10.0. The number of aryl methyl sites for hydroxylation is 3. The minimum Gasteiger partial charge on any atom is -0.383 e. The van der Waals surface area contributed by atoms with Crippen LogP contribution in [-0.4, -0.2) is 39.6 Å². The molecule has 0 unspecified atom stereocenters. The number of halogens is 1. The third kappa shape index (κ3) is 3.72. The molecule has 0 saturated carbocycles. The highest BCUT2D eigenvalue weighted by Gasteiger charge is 2.14. The lowest BCUT2D eigenvalue weighted by Gasteiger charge is -2.12. The smallest absolute Gasteiger partial charge is 0.106 e. The molecule has 6 nitrogen and oxygen atoms in total. The molecule has 0 atom stereocenters. The molecular weight excluding hydrogens is 334 g/mol. The molecule has 2 aromatic heterocycles. The highest BCUT2D eigenvalue weighted by Crippen LogP contribution is 2.22. The first-order valence-electron chi connectivity index (χ1n) is 6.93. The van der Waals surface area contributed by atoms with E-state index in [9.17, 15) is 0 Å². The number of hydrogen-bond acceptors (Lipinski definition) is 4. The molecule has 0 aliphatic carbocycles. The fourth-order valence-corrected chi connectivity index (χ4v) is 2.73. The summed E-state index contributed by atoms with van der Waals surface area (Å²) in [7, 11) is 3.67. The summed E-state index contributed by atoms with van der Waals surface area (Å²) in [4.78, 5) is 4.42. The number of methoxy groups -OCH3 is 1. The lowest BCUT2D eigenvalue weighted by atomic mass is 10.3. The van der Waals surface area contributed by atoms with E-state index in [4.69, 9.17) is 4.74 Å². The number of ether oxygens (including phenoxy) is 1. The van der Waals surface area contributed by atoms with Gasteiger partial charge in [-0.1, -0.05) is 0 Å². The summed E-state index contributed by atoms with van der Waals surface area (Å²) in [5, 5.41) is 7.80. The van der Waals surface area contributed by atoms with Gasteiger partial charge < -0.3 is 14.6 Å². The van der Waals surface area contributed by atoms with Crippen molar-refractivity contribution in [3.63, 3.8) is 0 Å². The van der Waals surface area contributed by atoms with Crippen molar-refractivity contribution in [3.8, 4) is 0 Å². The lowest BCUT2D eigenvalue weighted by molar-refractivity contribution is 0.199. The average Bonchev–Trinajstić information content (AvgIpc) is 2.91. The molecule has 0 amide bonds. The van der Waals surface area contributed by atoms with Crippen LogP contribution in [0.2, 0.25) is 0 Å². The second kappa shape index (κ2) is 7.20. The maximum absolute atomic E-state index is 5.04. The summed E-state index contributed by atoms with van der Waals surface area (Å²) in [6.45, 7) is 7.09. The zero-order chi connectivity index (χ0) is 15.4. The zero-order valence-corrected chi connectivity index (χ0v) is 14.6. The Kier molecular flexibility index (Phi) is 5.55. The van der Waals surface area contributed by atoms with Crippen LogP contribution >= 0.6 is 15.9 Å². The Bertz CT molecular complexity index is 605. The van der Waals surface area contributed by atoms with Gasteiger partial charge >= 0.3 is 0 Å². The van der Waals surface area contributed by atoms with Crippen molar-refractivity contribution in [2.45, 2.75) is 26.9 Å². The van der Waals surface area contributed by atoms with Crippen LogP contribution in [0.5, 0.6) is 0 Å². The van der Waals surface area contributed by atoms with Crippen LogP contribution in [-0.2, 0) is 24.9 Å². The minimum atomic E-state index is 0.708. The van der Waals surface area contributed by atoms with Crippen LogP contribution in [0.25, 0.3) is 0 Å². The van der Waals surface area contributed by atoms with Crippen molar-refractivity contribution >= 4 is 15.9 Å². The Balaban J connectivity index is 2.14. The second-order valence-electron chi connectivity index (χ2n) is 5.02. The third-order valence-corrected chi connectivity index (χ3v) is 4.53. The molecule has 0 aromatic carbocycles. The molecule has 116 valence electrons. The van der Waals surface area contributed by atoms with Crippen LogP contribution in [0.3, 0.4) is 0 Å². The van der Waals surface area contributed by atoms with E-state index in [0.717, 1.165) is 47.0 Å². The van der Waals surface area contributed by atoms with Gasteiger partial charge in [0, 0.05) is 33.4 Å². The van der Waals surface area contributed by atoms with E-state index in [1.807, 2.05) is 31.8 Å². The van der Waals surface area contributed by atoms with Gasteiger partial charge in [0.2, 0.25) is 0 Å². The quantitative estimate of drug-likeness (QED) is 0.769. The van der Waals surface area contributed by atoms with Gasteiger partial charge in [-0.15, -0.1) is 0 Å². The summed E-state index contributed by atoms with van der Waals surface area (Å²) in [5.74, 6) is 1.00. The molecule has 0 fully saturated rings. The van der Waals surface area contributed by atoms with Crippen molar-refractivity contribution in [1.82, 2.24) is 24.6 Å².